The van der Waals surface area contributed by atoms with Crippen LogP contribution in [0, 0.1) is 17.7 Å². The maximum Gasteiger partial charge on any atom is 0.123 e. The van der Waals surface area contributed by atoms with Crippen molar-refractivity contribution in [2.45, 2.75) is 13.0 Å². The van der Waals surface area contributed by atoms with Crippen molar-refractivity contribution in [2.75, 3.05) is 18.6 Å². The van der Waals surface area contributed by atoms with E-state index in [1.165, 1.54) is 17.0 Å². The SMILES string of the molecule is CN(Cc1sccc1C#CCCO)c1ccc(F)cc1. The highest BCUT2D eigenvalue weighted by molar-refractivity contribution is 7.10. The van der Waals surface area contributed by atoms with Gasteiger partial charge in [0.25, 0.3) is 0 Å². The van der Waals surface area contributed by atoms with Crippen LogP contribution in [0.15, 0.2) is 35.7 Å². The number of thiophene rings is 1. The summed E-state index contributed by atoms with van der Waals surface area (Å²) in [5, 5.41) is 10.8. The van der Waals surface area contributed by atoms with Gasteiger partial charge >= 0.3 is 0 Å². The molecule has 0 aliphatic carbocycles. The lowest BCUT2D eigenvalue weighted by atomic mass is 10.2. The van der Waals surface area contributed by atoms with Gasteiger partial charge in [0.1, 0.15) is 5.82 Å². The number of aliphatic hydroxyl groups is 1. The Labute approximate surface area is 122 Å². The van der Waals surface area contributed by atoms with Crippen molar-refractivity contribution in [1.29, 1.82) is 0 Å². The molecule has 4 heteroatoms. The molecule has 2 rings (SSSR count). The molecule has 0 fully saturated rings. The van der Waals surface area contributed by atoms with Gasteiger partial charge in [0.2, 0.25) is 0 Å². The molecule has 0 unspecified atom stereocenters. The Bertz CT molecular complexity index is 609. The van der Waals surface area contributed by atoms with Gasteiger partial charge in [-0.1, -0.05) is 11.8 Å². The van der Waals surface area contributed by atoms with Crippen LogP contribution in [0.4, 0.5) is 10.1 Å². The lowest BCUT2D eigenvalue weighted by Gasteiger charge is -2.18. The summed E-state index contributed by atoms with van der Waals surface area (Å²) in [4.78, 5) is 3.23. The molecule has 0 saturated heterocycles. The van der Waals surface area contributed by atoms with Crippen LogP contribution >= 0.6 is 11.3 Å². The van der Waals surface area contributed by atoms with Crippen LogP contribution in [0.5, 0.6) is 0 Å². The summed E-state index contributed by atoms with van der Waals surface area (Å²) in [7, 11) is 1.97. The topological polar surface area (TPSA) is 23.5 Å². The van der Waals surface area contributed by atoms with E-state index >= 15 is 0 Å². The fourth-order valence-electron chi connectivity index (χ4n) is 1.79. The predicted molar refractivity (Wildman–Crippen MR) is 81.4 cm³/mol. The van der Waals surface area contributed by atoms with E-state index in [0.717, 1.165) is 17.8 Å². The molecule has 0 aliphatic heterocycles. The zero-order chi connectivity index (χ0) is 14.4. The zero-order valence-electron chi connectivity index (χ0n) is 11.3. The molecule has 1 aromatic heterocycles. The average molecular weight is 289 g/mol. The van der Waals surface area contributed by atoms with Gasteiger partial charge in [0.05, 0.1) is 13.2 Å². The van der Waals surface area contributed by atoms with Gasteiger partial charge in [0, 0.05) is 29.6 Å². The summed E-state index contributed by atoms with van der Waals surface area (Å²) < 4.78 is 12.9. The molecule has 0 saturated carbocycles. The molecule has 0 bridgehead atoms. The number of halogens is 1. The number of hydrogen-bond acceptors (Lipinski definition) is 3. The minimum Gasteiger partial charge on any atom is -0.395 e. The summed E-state index contributed by atoms with van der Waals surface area (Å²) in [5.74, 6) is 5.78. The van der Waals surface area contributed by atoms with Crippen molar-refractivity contribution in [3.63, 3.8) is 0 Å². The summed E-state index contributed by atoms with van der Waals surface area (Å²) in [6, 6.07) is 8.44. The second-order valence-corrected chi connectivity index (χ2v) is 5.37. The molecule has 1 heterocycles. The number of anilines is 1. The van der Waals surface area contributed by atoms with E-state index in [0.29, 0.717) is 6.42 Å². The first-order valence-electron chi connectivity index (χ1n) is 6.33. The quantitative estimate of drug-likeness (QED) is 0.873. The molecule has 104 valence electrons. The number of benzene rings is 1. The third kappa shape index (κ3) is 3.83. The van der Waals surface area contributed by atoms with E-state index in [1.54, 1.807) is 23.5 Å². The van der Waals surface area contributed by atoms with Crippen LogP contribution in [0.3, 0.4) is 0 Å². The van der Waals surface area contributed by atoms with Crippen molar-refractivity contribution in [1.82, 2.24) is 0 Å². The van der Waals surface area contributed by atoms with Crippen LogP contribution in [0.25, 0.3) is 0 Å². The van der Waals surface area contributed by atoms with E-state index < -0.39 is 0 Å². The average Bonchev–Trinajstić information content (AvgIpc) is 2.87. The Kier molecular flexibility index (Phi) is 5.16. The molecule has 1 aromatic carbocycles. The second kappa shape index (κ2) is 7.09. The predicted octanol–water partition coefficient (Wildman–Crippen LogP) is 3.26. The molecule has 0 amide bonds. The highest BCUT2D eigenvalue weighted by atomic mass is 32.1. The molecule has 20 heavy (non-hydrogen) atoms. The van der Waals surface area contributed by atoms with Crippen LogP contribution in [0.1, 0.15) is 16.9 Å². The molecule has 0 aliphatic rings. The molecule has 0 atom stereocenters. The van der Waals surface area contributed by atoms with Gasteiger partial charge in [0.15, 0.2) is 0 Å². The monoisotopic (exact) mass is 289 g/mol. The Balaban J connectivity index is 2.08. The molecule has 0 radical (unpaired) electrons. The number of aliphatic hydroxyl groups excluding tert-OH is 1. The van der Waals surface area contributed by atoms with Gasteiger partial charge in [-0.15, -0.1) is 11.3 Å². The summed E-state index contributed by atoms with van der Waals surface area (Å²) in [6.07, 6.45) is 0.489. The fourth-order valence-corrected chi connectivity index (χ4v) is 2.67. The first kappa shape index (κ1) is 14.6. The standard InChI is InChI=1S/C16H16FNOS/c1-18(15-7-5-14(17)6-8-15)12-16-13(9-11-20-16)4-2-3-10-19/h5-9,11,19H,3,10,12H2,1H3. The van der Waals surface area contributed by atoms with Crippen molar-refractivity contribution >= 4 is 17.0 Å². The maximum absolute atomic E-state index is 12.9. The van der Waals surface area contributed by atoms with Crippen molar-refractivity contribution in [3.05, 3.63) is 52.0 Å². The Morgan fingerprint density at radius 2 is 2.00 bits per heavy atom. The van der Waals surface area contributed by atoms with Gasteiger partial charge in [-0.3, -0.25) is 0 Å². The first-order valence-corrected chi connectivity index (χ1v) is 7.21. The molecule has 1 N–H and O–H groups in total. The Morgan fingerprint density at radius 3 is 2.70 bits per heavy atom. The minimum absolute atomic E-state index is 0.0853. The van der Waals surface area contributed by atoms with Crippen molar-refractivity contribution < 1.29 is 9.50 Å². The highest BCUT2D eigenvalue weighted by Gasteiger charge is 2.07. The highest BCUT2D eigenvalue weighted by Crippen LogP contribution is 2.21. The molecular formula is C16H16FNOS. The van der Waals surface area contributed by atoms with E-state index in [1.807, 2.05) is 18.5 Å². The largest absolute Gasteiger partial charge is 0.395 e. The van der Waals surface area contributed by atoms with Gasteiger partial charge < -0.3 is 10.0 Å². The van der Waals surface area contributed by atoms with Crippen LogP contribution in [-0.4, -0.2) is 18.8 Å². The van der Waals surface area contributed by atoms with E-state index in [-0.39, 0.29) is 12.4 Å². The lowest BCUT2D eigenvalue weighted by Crippen LogP contribution is -2.16. The van der Waals surface area contributed by atoms with E-state index in [9.17, 15) is 4.39 Å². The number of rotatable bonds is 4. The summed E-state index contributed by atoms with van der Waals surface area (Å²) >= 11 is 1.65. The van der Waals surface area contributed by atoms with Crippen LogP contribution < -0.4 is 4.90 Å². The third-order valence-corrected chi connectivity index (χ3v) is 3.76. The first-order chi connectivity index (χ1) is 9.70. The Hall–Kier alpha value is -1.83. The fraction of sp³-hybridized carbons (Fsp3) is 0.250. The molecular weight excluding hydrogens is 273 g/mol. The van der Waals surface area contributed by atoms with Crippen molar-refractivity contribution in [2.24, 2.45) is 0 Å². The molecule has 0 spiro atoms. The smallest absolute Gasteiger partial charge is 0.123 e. The normalized spacial score (nSPS) is 9.95. The number of nitrogens with zero attached hydrogens (tertiary/aromatic N) is 1. The zero-order valence-corrected chi connectivity index (χ0v) is 12.1. The summed E-state index contributed by atoms with van der Waals surface area (Å²) in [6.45, 7) is 0.814. The van der Waals surface area contributed by atoms with E-state index in [2.05, 4.69) is 16.7 Å². The van der Waals surface area contributed by atoms with Gasteiger partial charge in [-0.2, -0.15) is 0 Å². The Morgan fingerprint density at radius 1 is 1.25 bits per heavy atom. The minimum atomic E-state index is -0.228. The van der Waals surface area contributed by atoms with Crippen molar-refractivity contribution in [3.8, 4) is 11.8 Å². The second-order valence-electron chi connectivity index (χ2n) is 4.37. The van der Waals surface area contributed by atoms with E-state index in [4.69, 9.17) is 5.11 Å². The third-order valence-electron chi connectivity index (χ3n) is 2.85. The summed E-state index contributed by atoms with van der Waals surface area (Å²) in [5.41, 5.74) is 1.96. The van der Waals surface area contributed by atoms with Crippen LogP contribution in [-0.2, 0) is 6.54 Å². The lowest BCUT2D eigenvalue weighted by molar-refractivity contribution is 0.305. The van der Waals surface area contributed by atoms with Gasteiger partial charge in [-0.25, -0.2) is 4.39 Å². The molecule has 2 nitrogen and oxygen atoms in total. The van der Waals surface area contributed by atoms with Crippen LogP contribution in [0.2, 0.25) is 0 Å². The maximum atomic E-state index is 12.9. The number of hydrogen-bond donors (Lipinski definition) is 1. The van der Waals surface area contributed by atoms with Gasteiger partial charge in [-0.05, 0) is 35.7 Å². The molecule has 2 aromatic rings.